The molecule has 0 bridgehead atoms. The Morgan fingerprint density at radius 3 is 2.30 bits per heavy atom. The highest BCUT2D eigenvalue weighted by Gasteiger charge is 2.41. The topological polar surface area (TPSA) is 73.2 Å². The number of piperidine rings is 1. The molecule has 0 radical (unpaired) electrons. The quantitative estimate of drug-likeness (QED) is 0.697. The van der Waals surface area contributed by atoms with E-state index in [1.807, 2.05) is 0 Å². The largest absolute Gasteiger partial charge is 0.388 e. The van der Waals surface area contributed by atoms with E-state index in [0.717, 1.165) is 38.4 Å². The van der Waals surface area contributed by atoms with Crippen LogP contribution in [-0.4, -0.2) is 70.4 Å². The lowest BCUT2D eigenvalue weighted by molar-refractivity contribution is -0.218. The van der Waals surface area contributed by atoms with Crippen molar-refractivity contribution in [2.75, 3.05) is 19.6 Å². The number of aliphatic hydroxyl groups is 3. The van der Waals surface area contributed by atoms with E-state index in [4.69, 9.17) is 4.74 Å². The van der Waals surface area contributed by atoms with E-state index < -0.39 is 24.4 Å². The second kappa shape index (κ2) is 7.18. The molecule has 0 aliphatic carbocycles. The SMILES string of the molecule is CC1CCN(CCC[C@@H]2OC(C)C(O)C(O)C2O)CC1. The first kappa shape index (κ1) is 16.2. The van der Waals surface area contributed by atoms with Crippen LogP contribution in [0.1, 0.15) is 39.5 Å². The number of aliphatic hydroxyl groups excluding tert-OH is 3. The van der Waals surface area contributed by atoms with Gasteiger partial charge in [0.15, 0.2) is 0 Å². The predicted octanol–water partition coefficient (Wildman–Crippen LogP) is 0.368. The van der Waals surface area contributed by atoms with Crippen LogP contribution in [0.3, 0.4) is 0 Å². The summed E-state index contributed by atoms with van der Waals surface area (Å²) in [7, 11) is 0. The van der Waals surface area contributed by atoms with Crippen molar-refractivity contribution in [1.29, 1.82) is 0 Å². The Labute approximate surface area is 121 Å². The van der Waals surface area contributed by atoms with E-state index in [1.54, 1.807) is 6.92 Å². The maximum Gasteiger partial charge on any atom is 0.111 e. The Bertz CT molecular complexity index is 294. The maximum absolute atomic E-state index is 9.95. The number of hydrogen-bond donors (Lipinski definition) is 3. The molecule has 5 atom stereocenters. The van der Waals surface area contributed by atoms with E-state index in [1.165, 1.54) is 12.8 Å². The van der Waals surface area contributed by atoms with Gasteiger partial charge in [-0.15, -0.1) is 0 Å². The van der Waals surface area contributed by atoms with E-state index in [2.05, 4.69) is 11.8 Å². The molecule has 118 valence electrons. The Morgan fingerprint density at radius 2 is 1.65 bits per heavy atom. The minimum Gasteiger partial charge on any atom is -0.388 e. The highest BCUT2D eigenvalue weighted by atomic mass is 16.5. The maximum atomic E-state index is 9.95. The summed E-state index contributed by atoms with van der Waals surface area (Å²) >= 11 is 0. The summed E-state index contributed by atoms with van der Waals surface area (Å²) < 4.78 is 5.61. The van der Waals surface area contributed by atoms with E-state index in [0.29, 0.717) is 0 Å². The van der Waals surface area contributed by atoms with Gasteiger partial charge in [0.25, 0.3) is 0 Å². The van der Waals surface area contributed by atoms with Crippen molar-refractivity contribution < 1.29 is 20.1 Å². The molecule has 0 amide bonds. The minimum absolute atomic E-state index is 0.368. The van der Waals surface area contributed by atoms with Gasteiger partial charge in [-0.25, -0.2) is 0 Å². The van der Waals surface area contributed by atoms with Gasteiger partial charge in [-0.1, -0.05) is 6.92 Å². The number of hydrogen-bond acceptors (Lipinski definition) is 5. The number of rotatable bonds is 4. The lowest BCUT2D eigenvalue weighted by atomic mass is 9.93. The molecular formula is C15H29NO4. The molecule has 5 nitrogen and oxygen atoms in total. The molecule has 2 aliphatic rings. The lowest BCUT2D eigenvalue weighted by Gasteiger charge is -2.39. The summed E-state index contributed by atoms with van der Waals surface area (Å²) in [5.41, 5.74) is 0. The number of ether oxygens (including phenoxy) is 1. The Hall–Kier alpha value is -0.200. The van der Waals surface area contributed by atoms with Crippen LogP contribution in [0.15, 0.2) is 0 Å². The van der Waals surface area contributed by atoms with Crippen molar-refractivity contribution in [3.05, 3.63) is 0 Å². The standard InChI is InChI=1S/C15H29NO4/c1-10-5-8-16(9-6-10)7-3-4-12-14(18)15(19)13(17)11(2)20-12/h10-15,17-19H,3-9H2,1-2H3/t11?,12-,13?,14?,15?/m0/s1. The molecule has 2 heterocycles. The zero-order chi connectivity index (χ0) is 14.7. The van der Waals surface area contributed by atoms with Gasteiger partial charge in [0.05, 0.1) is 12.2 Å². The summed E-state index contributed by atoms with van der Waals surface area (Å²) in [5.74, 6) is 0.840. The molecule has 5 heteroatoms. The van der Waals surface area contributed by atoms with Crippen LogP contribution in [0, 0.1) is 5.92 Å². The molecule has 20 heavy (non-hydrogen) atoms. The zero-order valence-electron chi connectivity index (χ0n) is 12.6. The second-order valence-corrected chi connectivity index (χ2v) is 6.52. The van der Waals surface area contributed by atoms with Crippen LogP contribution in [0.2, 0.25) is 0 Å². The Balaban J connectivity index is 1.71. The van der Waals surface area contributed by atoms with Crippen molar-refractivity contribution >= 4 is 0 Å². The Kier molecular flexibility index (Phi) is 5.81. The molecule has 2 saturated heterocycles. The molecular weight excluding hydrogens is 258 g/mol. The van der Waals surface area contributed by atoms with Gasteiger partial charge in [0.2, 0.25) is 0 Å². The third kappa shape index (κ3) is 3.92. The molecule has 2 aliphatic heterocycles. The van der Waals surface area contributed by atoms with Gasteiger partial charge in [0, 0.05) is 0 Å². The lowest BCUT2D eigenvalue weighted by Crippen LogP contribution is -2.56. The van der Waals surface area contributed by atoms with Crippen LogP contribution in [0.4, 0.5) is 0 Å². The highest BCUT2D eigenvalue weighted by Crippen LogP contribution is 2.24. The molecule has 3 N–H and O–H groups in total. The van der Waals surface area contributed by atoms with Crippen molar-refractivity contribution in [2.24, 2.45) is 5.92 Å². The third-order valence-corrected chi connectivity index (χ3v) is 4.79. The van der Waals surface area contributed by atoms with Gasteiger partial charge >= 0.3 is 0 Å². The summed E-state index contributed by atoms with van der Waals surface area (Å²) in [4.78, 5) is 2.46. The first-order valence-corrected chi connectivity index (χ1v) is 7.91. The van der Waals surface area contributed by atoms with Crippen molar-refractivity contribution in [3.63, 3.8) is 0 Å². The fraction of sp³-hybridized carbons (Fsp3) is 1.00. The van der Waals surface area contributed by atoms with Crippen LogP contribution in [-0.2, 0) is 4.74 Å². The van der Waals surface area contributed by atoms with Crippen molar-refractivity contribution in [3.8, 4) is 0 Å². The molecule has 0 saturated carbocycles. The molecule has 0 aromatic rings. The van der Waals surface area contributed by atoms with Crippen LogP contribution in [0.25, 0.3) is 0 Å². The average molecular weight is 287 g/mol. The van der Waals surface area contributed by atoms with E-state index >= 15 is 0 Å². The van der Waals surface area contributed by atoms with Crippen LogP contribution in [0.5, 0.6) is 0 Å². The molecule has 0 aromatic heterocycles. The first-order valence-electron chi connectivity index (χ1n) is 7.91. The van der Waals surface area contributed by atoms with Gasteiger partial charge in [0.1, 0.15) is 18.3 Å². The molecule has 0 aromatic carbocycles. The van der Waals surface area contributed by atoms with Crippen molar-refractivity contribution in [1.82, 2.24) is 4.90 Å². The summed E-state index contributed by atoms with van der Waals surface area (Å²) in [6.07, 6.45) is 0.343. The van der Waals surface area contributed by atoms with Crippen LogP contribution < -0.4 is 0 Å². The van der Waals surface area contributed by atoms with Crippen LogP contribution >= 0.6 is 0 Å². The molecule has 2 fully saturated rings. The van der Waals surface area contributed by atoms with Gasteiger partial charge < -0.3 is 25.0 Å². The van der Waals surface area contributed by atoms with Gasteiger partial charge in [-0.2, -0.15) is 0 Å². The van der Waals surface area contributed by atoms with E-state index in [-0.39, 0.29) is 6.10 Å². The smallest absolute Gasteiger partial charge is 0.111 e. The molecule has 0 spiro atoms. The summed E-state index contributed by atoms with van der Waals surface area (Å²) in [5, 5.41) is 29.4. The fourth-order valence-electron chi connectivity index (χ4n) is 3.18. The highest BCUT2D eigenvalue weighted by molar-refractivity contribution is 4.90. The second-order valence-electron chi connectivity index (χ2n) is 6.52. The normalized spacial score (nSPS) is 41.0. The zero-order valence-corrected chi connectivity index (χ0v) is 12.6. The number of nitrogens with zero attached hydrogens (tertiary/aromatic N) is 1. The van der Waals surface area contributed by atoms with Crippen molar-refractivity contribution in [2.45, 2.75) is 70.1 Å². The first-order chi connectivity index (χ1) is 9.49. The summed E-state index contributed by atoms with van der Waals surface area (Å²) in [6, 6.07) is 0. The van der Waals surface area contributed by atoms with Gasteiger partial charge in [-0.3, -0.25) is 0 Å². The van der Waals surface area contributed by atoms with E-state index in [9.17, 15) is 15.3 Å². The summed E-state index contributed by atoms with van der Waals surface area (Å²) in [6.45, 7) is 7.38. The minimum atomic E-state index is -1.10. The monoisotopic (exact) mass is 287 g/mol. The number of likely N-dealkylation sites (tertiary alicyclic amines) is 1. The molecule has 4 unspecified atom stereocenters. The van der Waals surface area contributed by atoms with Gasteiger partial charge in [-0.05, 0) is 58.2 Å². The fourth-order valence-corrected chi connectivity index (χ4v) is 3.18. The Morgan fingerprint density at radius 1 is 1.00 bits per heavy atom. The average Bonchev–Trinajstić information content (AvgIpc) is 2.44. The third-order valence-electron chi connectivity index (χ3n) is 4.79. The predicted molar refractivity (Wildman–Crippen MR) is 76.4 cm³/mol. The molecule has 2 rings (SSSR count).